The van der Waals surface area contributed by atoms with Crippen molar-refractivity contribution < 1.29 is 14.7 Å². The number of nitrogens with one attached hydrogen (secondary N) is 1. The molecule has 6 heteroatoms. The quantitative estimate of drug-likeness (QED) is 0.740. The second-order valence-electron chi connectivity index (χ2n) is 4.58. The largest absolute Gasteiger partial charge is 0.478 e. The van der Waals surface area contributed by atoms with Crippen LogP contribution in [0.5, 0.6) is 0 Å². The first-order valence-corrected chi connectivity index (χ1v) is 5.80. The molecule has 0 unspecified atom stereocenters. The molecule has 1 amide bonds. The normalized spacial score (nSPS) is 17.4. The SMILES string of the molecule is NC1(C(=O)Nc2cncc(C(=O)O)c2)CCCC1. The minimum Gasteiger partial charge on any atom is -0.478 e. The van der Waals surface area contributed by atoms with E-state index in [4.69, 9.17) is 10.8 Å². The van der Waals surface area contributed by atoms with Gasteiger partial charge in [-0.2, -0.15) is 0 Å². The summed E-state index contributed by atoms with van der Waals surface area (Å²) in [6, 6.07) is 1.37. The number of rotatable bonds is 3. The molecule has 96 valence electrons. The van der Waals surface area contributed by atoms with E-state index in [0.717, 1.165) is 12.8 Å². The smallest absolute Gasteiger partial charge is 0.337 e. The van der Waals surface area contributed by atoms with E-state index in [1.807, 2.05) is 0 Å². The summed E-state index contributed by atoms with van der Waals surface area (Å²) in [4.78, 5) is 26.6. The zero-order valence-electron chi connectivity index (χ0n) is 9.85. The number of aromatic carboxylic acids is 1. The number of pyridine rings is 1. The Bertz CT molecular complexity index is 481. The maximum atomic E-state index is 12.0. The maximum absolute atomic E-state index is 12.0. The van der Waals surface area contributed by atoms with E-state index in [0.29, 0.717) is 18.5 Å². The van der Waals surface area contributed by atoms with Crippen LogP contribution >= 0.6 is 0 Å². The van der Waals surface area contributed by atoms with Crippen molar-refractivity contribution in [3.63, 3.8) is 0 Å². The van der Waals surface area contributed by atoms with Crippen LogP contribution in [-0.4, -0.2) is 27.5 Å². The van der Waals surface area contributed by atoms with E-state index in [1.165, 1.54) is 18.5 Å². The molecule has 4 N–H and O–H groups in total. The van der Waals surface area contributed by atoms with Crippen LogP contribution in [0.3, 0.4) is 0 Å². The van der Waals surface area contributed by atoms with Crippen molar-refractivity contribution in [2.24, 2.45) is 5.73 Å². The molecule has 1 heterocycles. The van der Waals surface area contributed by atoms with Crippen LogP contribution < -0.4 is 11.1 Å². The Morgan fingerprint density at radius 1 is 1.33 bits per heavy atom. The molecule has 1 aromatic rings. The number of nitrogens with two attached hydrogens (primary N) is 1. The van der Waals surface area contributed by atoms with Crippen LogP contribution in [0.1, 0.15) is 36.0 Å². The highest BCUT2D eigenvalue weighted by Crippen LogP contribution is 2.28. The summed E-state index contributed by atoms with van der Waals surface area (Å²) in [6.07, 6.45) is 5.83. The molecule has 1 aliphatic carbocycles. The zero-order valence-corrected chi connectivity index (χ0v) is 9.85. The zero-order chi connectivity index (χ0) is 13.2. The van der Waals surface area contributed by atoms with E-state index >= 15 is 0 Å². The topological polar surface area (TPSA) is 105 Å². The van der Waals surface area contributed by atoms with Crippen LogP contribution in [-0.2, 0) is 4.79 Å². The van der Waals surface area contributed by atoms with Gasteiger partial charge in [-0.1, -0.05) is 12.8 Å². The van der Waals surface area contributed by atoms with Crippen molar-refractivity contribution in [2.45, 2.75) is 31.2 Å². The molecule has 6 nitrogen and oxygen atoms in total. The van der Waals surface area contributed by atoms with Gasteiger partial charge in [-0.05, 0) is 18.9 Å². The van der Waals surface area contributed by atoms with E-state index < -0.39 is 11.5 Å². The van der Waals surface area contributed by atoms with Crippen molar-refractivity contribution in [1.82, 2.24) is 4.98 Å². The fraction of sp³-hybridized carbons (Fsp3) is 0.417. The van der Waals surface area contributed by atoms with Gasteiger partial charge in [0.05, 0.1) is 23.0 Å². The van der Waals surface area contributed by atoms with Crippen LogP contribution in [0.2, 0.25) is 0 Å². The molecule has 1 saturated carbocycles. The standard InChI is InChI=1S/C12H15N3O3/c13-12(3-1-2-4-12)11(18)15-9-5-8(10(16)17)6-14-7-9/h5-7H,1-4,13H2,(H,15,18)(H,16,17). The number of carbonyl (C=O) groups is 2. The number of carboxylic acids is 1. The number of carboxylic acid groups (broad SMARTS) is 1. The monoisotopic (exact) mass is 249 g/mol. The average Bonchev–Trinajstić information content (AvgIpc) is 2.78. The van der Waals surface area contributed by atoms with Crippen LogP contribution in [0.4, 0.5) is 5.69 Å². The second-order valence-corrected chi connectivity index (χ2v) is 4.58. The third-order valence-corrected chi connectivity index (χ3v) is 3.19. The van der Waals surface area contributed by atoms with E-state index in [1.54, 1.807) is 0 Å². The second kappa shape index (κ2) is 4.73. The molecule has 0 atom stereocenters. The molecule has 1 aromatic heterocycles. The summed E-state index contributed by atoms with van der Waals surface area (Å²) in [7, 11) is 0. The number of aromatic nitrogens is 1. The lowest BCUT2D eigenvalue weighted by Crippen LogP contribution is -2.48. The molecule has 0 radical (unpaired) electrons. The van der Waals surface area contributed by atoms with Crippen LogP contribution in [0, 0.1) is 0 Å². The Balaban J connectivity index is 2.11. The van der Waals surface area contributed by atoms with Crippen molar-refractivity contribution in [1.29, 1.82) is 0 Å². The number of anilines is 1. The fourth-order valence-corrected chi connectivity index (χ4v) is 2.11. The fourth-order valence-electron chi connectivity index (χ4n) is 2.11. The van der Waals surface area contributed by atoms with Gasteiger partial charge in [0, 0.05) is 6.20 Å². The Kier molecular flexibility index (Phi) is 3.29. The highest BCUT2D eigenvalue weighted by atomic mass is 16.4. The van der Waals surface area contributed by atoms with E-state index in [9.17, 15) is 9.59 Å². The predicted molar refractivity (Wildman–Crippen MR) is 65.2 cm³/mol. The minimum absolute atomic E-state index is 0.0327. The molecule has 0 spiro atoms. The van der Waals surface area contributed by atoms with Crippen LogP contribution in [0.15, 0.2) is 18.5 Å². The van der Waals surface area contributed by atoms with Crippen molar-refractivity contribution in [2.75, 3.05) is 5.32 Å². The van der Waals surface area contributed by atoms with Gasteiger partial charge >= 0.3 is 5.97 Å². The molecule has 0 aliphatic heterocycles. The number of nitrogens with zero attached hydrogens (tertiary/aromatic N) is 1. The number of hydrogen-bond donors (Lipinski definition) is 3. The van der Waals surface area contributed by atoms with E-state index in [-0.39, 0.29) is 11.5 Å². The summed E-state index contributed by atoms with van der Waals surface area (Å²) in [5, 5.41) is 11.5. The summed E-state index contributed by atoms with van der Waals surface area (Å²) < 4.78 is 0. The van der Waals surface area contributed by atoms with Gasteiger partial charge in [-0.15, -0.1) is 0 Å². The third-order valence-electron chi connectivity index (χ3n) is 3.19. The van der Waals surface area contributed by atoms with Gasteiger partial charge in [0.15, 0.2) is 0 Å². The van der Waals surface area contributed by atoms with Gasteiger partial charge in [0.2, 0.25) is 5.91 Å². The lowest BCUT2D eigenvalue weighted by atomic mass is 9.98. The maximum Gasteiger partial charge on any atom is 0.337 e. The molecule has 2 rings (SSSR count). The Morgan fingerprint density at radius 3 is 2.61 bits per heavy atom. The lowest BCUT2D eigenvalue weighted by Gasteiger charge is -2.22. The minimum atomic E-state index is -1.08. The summed E-state index contributed by atoms with van der Waals surface area (Å²) in [5.74, 6) is -1.36. The van der Waals surface area contributed by atoms with Gasteiger partial charge in [-0.3, -0.25) is 9.78 Å². The highest BCUT2D eigenvalue weighted by molar-refractivity contribution is 5.99. The van der Waals surface area contributed by atoms with Gasteiger partial charge < -0.3 is 16.2 Å². The Labute approximate surface area is 104 Å². The van der Waals surface area contributed by atoms with E-state index in [2.05, 4.69) is 10.3 Å². The van der Waals surface area contributed by atoms with Gasteiger partial charge in [0.1, 0.15) is 0 Å². The summed E-state index contributed by atoms with van der Waals surface area (Å²) >= 11 is 0. The van der Waals surface area contributed by atoms with Gasteiger partial charge in [0.25, 0.3) is 0 Å². The lowest BCUT2D eigenvalue weighted by molar-refractivity contribution is -0.121. The van der Waals surface area contributed by atoms with Gasteiger partial charge in [-0.25, -0.2) is 4.79 Å². The molecule has 0 bridgehead atoms. The van der Waals surface area contributed by atoms with Crippen molar-refractivity contribution >= 4 is 17.6 Å². The predicted octanol–water partition coefficient (Wildman–Crippen LogP) is 0.990. The number of carbonyl (C=O) groups excluding carboxylic acids is 1. The molecule has 18 heavy (non-hydrogen) atoms. The molecule has 1 fully saturated rings. The first-order chi connectivity index (χ1) is 8.51. The number of hydrogen-bond acceptors (Lipinski definition) is 4. The molecule has 0 aromatic carbocycles. The first-order valence-electron chi connectivity index (χ1n) is 5.80. The molecule has 0 saturated heterocycles. The van der Waals surface area contributed by atoms with Crippen LogP contribution in [0.25, 0.3) is 0 Å². The Hall–Kier alpha value is -1.95. The first kappa shape index (κ1) is 12.5. The highest BCUT2D eigenvalue weighted by Gasteiger charge is 2.37. The molecular weight excluding hydrogens is 234 g/mol. The molecular formula is C12H15N3O3. The molecule has 1 aliphatic rings. The van der Waals surface area contributed by atoms with Crippen molar-refractivity contribution in [3.05, 3.63) is 24.0 Å². The van der Waals surface area contributed by atoms with Crippen molar-refractivity contribution in [3.8, 4) is 0 Å². The summed E-state index contributed by atoms with van der Waals surface area (Å²) in [6.45, 7) is 0. The number of amides is 1. The average molecular weight is 249 g/mol. The third kappa shape index (κ3) is 2.48. The Morgan fingerprint density at radius 2 is 2.00 bits per heavy atom. The summed E-state index contributed by atoms with van der Waals surface area (Å²) in [5.41, 5.74) is 5.56.